The minimum absolute atomic E-state index is 0.317. The quantitative estimate of drug-likeness (QED) is 0.662. The highest BCUT2D eigenvalue weighted by Gasteiger charge is 2.04. The van der Waals surface area contributed by atoms with Crippen LogP contribution in [0, 0.1) is 6.92 Å². The molecular weight excluding hydrogens is 238 g/mol. The van der Waals surface area contributed by atoms with Crippen LogP contribution in [0.1, 0.15) is 12.5 Å². The first kappa shape index (κ1) is 13.6. The highest BCUT2D eigenvalue weighted by atomic mass is 35.5. The summed E-state index contributed by atoms with van der Waals surface area (Å²) >= 11 is 6.06. The molecule has 0 aliphatic rings. The molecule has 0 atom stereocenters. The number of rotatable bonds is 4. The monoisotopic (exact) mass is 253 g/mol. The Morgan fingerprint density at radius 2 is 2.24 bits per heavy atom. The Balaban J connectivity index is 2.66. The van der Waals surface area contributed by atoms with Crippen LogP contribution in [0.3, 0.4) is 0 Å². The van der Waals surface area contributed by atoms with Crippen molar-refractivity contribution in [3.63, 3.8) is 0 Å². The minimum atomic E-state index is -0.317. The van der Waals surface area contributed by atoms with E-state index in [-0.39, 0.29) is 5.97 Å². The van der Waals surface area contributed by atoms with Crippen LogP contribution in [0.4, 0.5) is 5.69 Å². The molecule has 0 bridgehead atoms. The number of para-hydroxylation sites is 1. The zero-order valence-corrected chi connectivity index (χ0v) is 11.0. The predicted molar refractivity (Wildman–Crippen MR) is 70.5 cm³/mol. The summed E-state index contributed by atoms with van der Waals surface area (Å²) < 4.78 is 4.60. The number of anilines is 1. The number of aryl methyl sites for hydroxylation is 1. The van der Waals surface area contributed by atoms with Gasteiger partial charge in [-0.05, 0) is 25.5 Å². The molecule has 0 aliphatic heterocycles. The molecule has 0 fully saturated rings. The van der Waals surface area contributed by atoms with Crippen LogP contribution >= 0.6 is 11.6 Å². The summed E-state index contributed by atoms with van der Waals surface area (Å²) in [4.78, 5) is 11.1. The lowest BCUT2D eigenvalue weighted by Gasteiger charge is -2.09. The molecule has 0 spiro atoms. The SMILES string of the molecule is COC(=O)/C(C)=C/CNc1c(C)cccc1Cl. The van der Waals surface area contributed by atoms with Crippen molar-refractivity contribution in [1.29, 1.82) is 0 Å². The van der Waals surface area contributed by atoms with Gasteiger partial charge >= 0.3 is 5.97 Å². The van der Waals surface area contributed by atoms with E-state index in [1.807, 2.05) is 25.1 Å². The maximum atomic E-state index is 11.1. The molecule has 92 valence electrons. The lowest BCUT2D eigenvalue weighted by molar-refractivity contribution is -0.136. The summed E-state index contributed by atoms with van der Waals surface area (Å²) in [5, 5.41) is 3.85. The van der Waals surface area contributed by atoms with Crippen molar-refractivity contribution < 1.29 is 9.53 Å². The fraction of sp³-hybridized carbons (Fsp3) is 0.308. The zero-order chi connectivity index (χ0) is 12.8. The summed E-state index contributed by atoms with van der Waals surface area (Å²) in [5.41, 5.74) is 2.54. The molecule has 0 unspecified atom stereocenters. The summed E-state index contributed by atoms with van der Waals surface area (Å²) in [5.74, 6) is -0.317. The Labute approximate surface area is 106 Å². The zero-order valence-electron chi connectivity index (χ0n) is 10.2. The number of ether oxygens (including phenoxy) is 1. The number of hydrogen-bond donors (Lipinski definition) is 1. The molecule has 1 rings (SSSR count). The van der Waals surface area contributed by atoms with Crippen LogP contribution in [-0.4, -0.2) is 19.6 Å². The summed E-state index contributed by atoms with van der Waals surface area (Å²) in [6.45, 7) is 4.23. The molecule has 17 heavy (non-hydrogen) atoms. The van der Waals surface area contributed by atoms with E-state index in [1.165, 1.54) is 7.11 Å². The molecule has 0 heterocycles. The van der Waals surface area contributed by atoms with Gasteiger partial charge in [0.25, 0.3) is 0 Å². The molecule has 0 amide bonds. The molecule has 1 N–H and O–H groups in total. The first-order chi connectivity index (χ1) is 8.06. The number of hydrogen-bond acceptors (Lipinski definition) is 3. The van der Waals surface area contributed by atoms with Gasteiger partial charge in [-0.2, -0.15) is 0 Å². The lowest BCUT2D eigenvalue weighted by atomic mass is 10.2. The van der Waals surface area contributed by atoms with Crippen molar-refractivity contribution in [2.75, 3.05) is 19.0 Å². The average Bonchev–Trinajstić information content (AvgIpc) is 2.31. The molecule has 3 nitrogen and oxygen atoms in total. The summed E-state index contributed by atoms with van der Waals surface area (Å²) in [6, 6.07) is 5.71. The highest BCUT2D eigenvalue weighted by Crippen LogP contribution is 2.24. The Hall–Kier alpha value is -1.48. The van der Waals surface area contributed by atoms with Crippen molar-refractivity contribution >= 4 is 23.3 Å². The number of halogens is 1. The van der Waals surface area contributed by atoms with Gasteiger partial charge in [-0.1, -0.05) is 29.8 Å². The molecule has 0 saturated carbocycles. The van der Waals surface area contributed by atoms with Crippen molar-refractivity contribution in [2.45, 2.75) is 13.8 Å². The molecular formula is C13H16ClNO2. The number of methoxy groups -OCH3 is 1. The van der Waals surface area contributed by atoms with Gasteiger partial charge in [0, 0.05) is 12.1 Å². The first-order valence-corrected chi connectivity index (χ1v) is 5.68. The van der Waals surface area contributed by atoms with Crippen LogP contribution in [0.15, 0.2) is 29.8 Å². The van der Waals surface area contributed by atoms with Crippen LogP contribution < -0.4 is 5.32 Å². The second kappa shape index (κ2) is 6.30. The predicted octanol–water partition coefficient (Wildman–Crippen LogP) is 3.18. The number of benzene rings is 1. The normalized spacial score (nSPS) is 11.2. The van der Waals surface area contributed by atoms with E-state index in [0.29, 0.717) is 17.1 Å². The maximum absolute atomic E-state index is 11.1. The van der Waals surface area contributed by atoms with Crippen molar-refractivity contribution in [2.24, 2.45) is 0 Å². The number of esters is 1. The molecule has 4 heteroatoms. The van der Waals surface area contributed by atoms with E-state index in [1.54, 1.807) is 13.0 Å². The van der Waals surface area contributed by atoms with Crippen LogP contribution in [-0.2, 0) is 9.53 Å². The number of nitrogens with one attached hydrogen (secondary N) is 1. The third-order valence-electron chi connectivity index (χ3n) is 2.42. The molecule has 1 aromatic rings. The number of carbonyl (C=O) groups excluding carboxylic acids is 1. The Bertz CT molecular complexity index is 421. The third kappa shape index (κ3) is 3.79. The van der Waals surface area contributed by atoms with Gasteiger partial charge in [-0.15, -0.1) is 0 Å². The lowest BCUT2D eigenvalue weighted by Crippen LogP contribution is -2.06. The smallest absolute Gasteiger partial charge is 0.333 e. The van der Waals surface area contributed by atoms with Crippen LogP contribution in [0.5, 0.6) is 0 Å². The van der Waals surface area contributed by atoms with E-state index in [0.717, 1.165) is 11.3 Å². The number of carbonyl (C=O) groups is 1. The largest absolute Gasteiger partial charge is 0.466 e. The van der Waals surface area contributed by atoms with E-state index in [4.69, 9.17) is 11.6 Å². The highest BCUT2D eigenvalue weighted by molar-refractivity contribution is 6.33. The minimum Gasteiger partial charge on any atom is -0.466 e. The fourth-order valence-electron chi connectivity index (χ4n) is 1.41. The van der Waals surface area contributed by atoms with E-state index < -0.39 is 0 Å². The third-order valence-corrected chi connectivity index (χ3v) is 2.73. The van der Waals surface area contributed by atoms with Gasteiger partial charge in [0.15, 0.2) is 0 Å². The van der Waals surface area contributed by atoms with Gasteiger partial charge in [-0.3, -0.25) is 0 Å². The van der Waals surface area contributed by atoms with Gasteiger partial charge in [-0.25, -0.2) is 4.79 Å². The Kier molecular flexibility index (Phi) is 5.04. The second-order valence-electron chi connectivity index (χ2n) is 3.69. The van der Waals surface area contributed by atoms with Crippen LogP contribution in [0.25, 0.3) is 0 Å². The van der Waals surface area contributed by atoms with Crippen molar-refractivity contribution in [3.8, 4) is 0 Å². The van der Waals surface area contributed by atoms with Crippen molar-refractivity contribution in [1.82, 2.24) is 0 Å². The van der Waals surface area contributed by atoms with Gasteiger partial charge < -0.3 is 10.1 Å². The van der Waals surface area contributed by atoms with Crippen LogP contribution in [0.2, 0.25) is 5.02 Å². The summed E-state index contributed by atoms with van der Waals surface area (Å²) in [6.07, 6.45) is 1.77. The van der Waals surface area contributed by atoms with E-state index >= 15 is 0 Å². The standard InChI is InChI=1S/C13H16ClNO2/c1-9-5-4-6-11(14)12(9)15-8-7-10(2)13(16)17-3/h4-7,15H,8H2,1-3H3/b10-7+. The van der Waals surface area contributed by atoms with Gasteiger partial charge in [0.2, 0.25) is 0 Å². The second-order valence-corrected chi connectivity index (χ2v) is 4.10. The van der Waals surface area contributed by atoms with Gasteiger partial charge in [0.05, 0.1) is 17.8 Å². The molecule has 0 radical (unpaired) electrons. The van der Waals surface area contributed by atoms with E-state index in [2.05, 4.69) is 10.1 Å². The average molecular weight is 254 g/mol. The fourth-order valence-corrected chi connectivity index (χ4v) is 1.69. The molecule has 1 aromatic carbocycles. The molecule has 0 saturated heterocycles. The molecule has 0 aliphatic carbocycles. The first-order valence-electron chi connectivity index (χ1n) is 5.30. The topological polar surface area (TPSA) is 38.3 Å². The van der Waals surface area contributed by atoms with E-state index in [9.17, 15) is 4.79 Å². The maximum Gasteiger partial charge on any atom is 0.333 e. The Morgan fingerprint density at radius 3 is 2.82 bits per heavy atom. The van der Waals surface area contributed by atoms with Crippen molar-refractivity contribution in [3.05, 3.63) is 40.4 Å². The molecule has 0 aromatic heterocycles. The summed E-state index contributed by atoms with van der Waals surface area (Å²) in [7, 11) is 1.37. The Morgan fingerprint density at radius 1 is 1.53 bits per heavy atom. The van der Waals surface area contributed by atoms with Gasteiger partial charge in [0.1, 0.15) is 0 Å².